The van der Waals surface area contributed by atoms with Crippen LogP contribution in [0, 0.1) is 0 Å². The van der Waals surface area contributed by atoms with Crippen LogP contribution in [0.5, 0.6) is 0 Å². The van der Waals surface area contributed by atoms with Gasteiger partial charge in [0.25, 0.3) is 0 Å². The van der Waals surface area contributed by atoms with E-state index in [0.29, 0.717) is 12.2 Å². The molecule has 0 amide bonds. The first-order valence-corrected chi connectivity index (χ1v) is 6.03. The molecule has 0 aliphatic heterocycles. The highest BCUT2D eigenvalue weighted by Gasteiger charge is 2.09. The summed E-state index contributed by atoms with van der Waals surface area (Å²) in [5, 5.41) is 0. The third-order valence-corrected chi connectivity index (χ3v) is 2.62. The Kier molecular flexibility index (Phi) is 8.73. The lowest BCUT2D eigenvalue weighted by molar-refractivity contribution is -0.0100. The van der Waals surface area contributed by atoms with Gasteiger partial charge in [0.2, 0.25) is 0 Å². The Morgan fingerprint density at radius 3 is 2.20 bits per heavy atom. The molecule has 15 heavy (non-hydrogen) atoms. The van der Waals surface area contributed by atoms with Crippen molar-refractivity contribution in [2.24, 2.45) is 0 Å². The molecule has 0 aromatic heterocycles. The van der Waals surface area contributed by atoms with Crippen LogP contribution in [-0.2, 0) is 9.47 Å². The molecule has 0 spiro atoms. The first-order chi connectivity index (χ1) is 7.13. The van der Waals surface area contributed by atoms with E-state index in [0.717, 1.165) is 25.9 Å². The van der Waals surface area contributed by atoms with Crippen molar-refractivity contribution in [1.29, 1.82) is 0 Å². The Morgan fingerprint density at radius 1 is 1.13 bits per heavy atom. The molecule has 0 fully saturated rings. The van der Waals surface area contributed by atoms with Crippen molar-refractivity contribution < 1.29 is 9.47 Å². The number of hydrogen-bond acceptors (Lipinski definition) is 2. The maximum Gasteiger partial charge on any atom is 0.0778 e. The van der Waals surface area contributed by atoms with E-state index in [4.69, 9.17) is 9.47 Å². The standard InChI is InChI=1S/C13H26O2/c1-6-11(4)14-10-9-13(8-3)15-12(5)7-2/h8,11-13H,3,6-7,9-10H2,1-2,4-5H3. The average Bonchev–Trinajstić information content (AvgIpc) is 2.26. The second-order valence-corrected chi connectivity index (χ2v) is 4.01. The maximum absolute atomic E-state index is 5.77. The molecule has 3 atom stereocenters. The fourth-order valence-corrected chi connectivity index (χ4v) is 1.14. The predicted octanol–water partition coefficient (Wildman–Crippen LogP) is 3.56. The minimum absolute atomic E-state index is 0.129. The largest absolute Gasteiger partial charge is 0.378 e. The van der Waals surface area contributed by atoms with Crippen LogP contribution in [-0.4, -0.2) is 24.9 Å². The number of ether oxygens (including phenoxy) is 2. The highest BCUT2D eigenvalue weighted by atomic mass is 16.5. The summed E-state index contributed by atoms with van der Waals surface area (Å²) < 4.78 is 11.4. The lowest BCUT2D eigenvalue weighted by Gasteiger charge is -2.19. The van der Waals surface area contributed by atoms with Gasteiger partial charge in [0.1, 0.15) is 0 Å². The molecule has 2 nitrogen and oxygen atoms in total. The Bertz CT molecular complexity index is 157. The normalized spacial score (nSPS) is 17.1. The molecule has 0 saturated heterocycles. The average molecular weight is 214 g/mol. The van der Waals surface area contributed by atoms with E-state index >= 15 is 0 Å². The molecule has 0 radical (unpaired) electrons. The monoisotopic (exact) mass is 214 g/mol. The van der Waals surface area contributed by atoms with Crippen LogP contribution in [0.4, 0.5) is 0 Å². The van der Waals surface area contributed by atoms with E-state index < -0.39 is 0 Å². The molecule has 0 saturated carbocycles. The van der Waals surface area contributed by atoms with Crippen molar-refractivity contribution in [3.05, 3.63) is 12.7 Å². The molecule has 0 heterocycles. The summed E-state index contributed by atoms with van der Waals surface area (Å²) in [5.74, 6) is 0. The predicted molar refractivity (Wildman–Crippen MR) is 65.1 cm³/mol. The van der Waals surface area contributed by atoms with Crippen LogP contribution in [0.15, 0.2) is 12.7 Å². The molecule has 0 aliphatic rings. The maximum atomic E-state index is 5.77. The lowest BCUT2D eigenvalue weighted by atomic mass is 10.2. The van der Waals surface area contributed by atoms with Gasteiger partial charge in [-0.05, 0) is 26.7 Å². The van der Waals surface area contributed by atoms with Crippen molar-refractivity contribution >= 4 is 0 Å². The summed E-state index contributed by atoms with van der Waals surface area (Å²) in [7, 11) is 0. The van der Waals surface area contributed by atoms with Gasteiger partial charge < -0.3 is 9.47 Å². The van der Waals surface area contributed by atoms with E-state index in [9.17, 15) is 0 Å². The van der Waals surface area contributed by atoms with Gasteiger partial charge in [-0.15, -0.1) is 6.58 Å². The van der Waals surface area contributed by atoms with E-state index in [-0.39, 0.29) is 6.10 Å². The van der Waals surface area contributed by atoms with Gasteiger partial charge in [-0.2, -0.15) is 0 Å². The molecule has 0 aromatic rings. The summed E-state index contributed by atoms with van der Waals surface area (Å²) >= 11 is 0. The Balaban J connectivity index is 3.66. The van der Waals surface area contributed by atoms with Crippen molar-refractivity contribution in [2.45, 2.75) is 65.3 Å². The first kappa shape index (κ1) is 14.7. The summed E-state index contributed by atoms with van der Waals surface area (Å²) in [4.78, 5) is 0. The highest BCUT2D eigenvalue weighted by Crippen LogP contribution is 2.08. The zero-order valence-electron chi connectivity index (χ0n) is 10.7. The van der Waals surface area contributed by atoms with Crippen LogP contribution < -0.4 is 0 Å². The number of hydrogen-bond donors (Lipinski definition) is 0. The summed E-state index contributed by atoms with van der Waals surface area (Å²) in [6.45, 7) is 13.0. The van der Waals surface area contributed by atoms with Gasteiger partial charge >= 0.3 is 0 Å². The van der Waals surface area contributed by atoms with E-state index in [1.54, 1.807) is 0 Å². The Labute approximate surface area is 94.7 Å². The highest BCUT2D eigenvalue weighted by molar-refractivity contribution is 4.80. The SMILES string of the molecule is C=CC(CCOC(C)CC)OC(C)CC. The van der Waals surface area contributed by atoms with Crippen LogP contribution in [0.25, 0.3) is 0 Å². The molecule has 0 N–H and O–H groups in total. The molecule has 0 aromatic carbocycles. The molecule has 0 rings (SSSR count). The van der Waals surface area contributed by atoms with Gasteiger partial charge in [-0.25, -0.2) is 0 Å². The van der Waals surface area contributed by atoms with Crippen molar-refractivity contribution in [2.75, 3.05) is 6.61 Å². The van der Waals surface area contributed by atoms with Crippen LogP contribution in [0.2, 0.25) is 0 Å². The molecule has 0 aliphatic carbocycles. The first-order valence-electron chi connectivity index (χ1n) is 6.03. The molecule has 90 valence electrons. The van der Waals surface area contributed by atoms with Gasteiger partial charge in [-0.1, -0.05) is 19.9 Å². The zero-order chi connectivity index (χ0) is 11.7. The smallest absolute Gasteiger partial charge is 0.0778 e. The van der Waals surface area contributed by atoms with Gasteiger partial charge in [0.15, 0.2) is 0 Å². The van der Waals surface area contributed by atoms with E-state index in [1.807, 2.05) is 6.08 Å². The van der Waals surface area contributed by atoms with Gasteiger partial charge in [0.05, 0.1) is 18.3 Å². The van der Waals surface area contributed by atoms with Crippen molar-refractivity contribution in [1.82, 2.24) is 0 Å². The van der Waals surface area contributed by atoms with E-state index in [2.05, 4.69) is 34.3 Å². The summed E-state index contributed by atoms with van der Waals surface area (Å²) in [5.41, 5.74) is 0. The zero-order valence-corrected chi connectivity index (χ0v) is 10.7. The third kappa shape index (κ3) is 7.57. The molecular formula is C13H26O2. The molecular weight excluding hydrogens is 188 g/mol. The van der Waals surface area contributed by atoms with Crippen LogP contribution >= 0.6 is 0 Å². The van der Waals surface area contributed by atoms with Crippen molar-refractivity contribution in [3.63, 3.8) is 0 Å². The second kappa shape index (κ2) is 8.93. The quantitative estimate of drug-likeness (QED) is 0.546. The van der Waals surface area contributed by atoms with Crippen molar-refractivity contribution in [3.8, 4) is 0 Å². The molecule has 2 heteroatoms. The lowest BCUT2D eigenvalue weighted by Crippen LogP contribution is -2.20. The number of rotatable bonds is 9. The van der Waals surface area contributed by atoms with Crippen LogP contribution in [0.3, 0.4) is 0 Å². The fourth-order valence-electron chi connectivity index (χ4n) is 1.14. The minimum Gasteiger partial charge on any atom is -0.378 e. The Hall–Kier alpha value is -0.340. The van der Waals surface area contributed by atoms with Crippen LogP contribution in [0.1, 0.15) is 47.0 Å². The topological polar surface area (TPSA) is 18.5 Å². The second-order valence-electron chi connectivity index (χ2n) is 4.01. The summed E-state index contributed by atoms with van der Waals surface area (Å²) in [6, 6.07) is 0. The third-order valence-electron chi connectivity index (χ3n) is 2.62. The Morgan fingerprint density at radius 2 is 1.73 bits per heavy atom. The molecule has 0 bridgehead atoms. The fraction of sp³-hybridized carbons (Fsp3) is 0.846. The molecule has 3 unspecified atom stereocenters. The summed E-state index contributed by atoms with van der Waals surface area (Å²) in [6.07, 6.45) is 5.64. The van der Waals surface area contributed by atoms with Gasteiger partial charge in [0, 0.05) is 13.0 Å². The minimum atomic E-state index is 0.129. The van der Waals surface area contributed by atoms with E-state index in [1.165, 1.54) is 0 Å². The van der Waals surface area contributed by atoms with Gasteiger partial charge in [-0.3, -0.25) is 0 Å².